The fourth-order valence-electron chi connectivity index (χ4n) is 3.10. The second-order valence-electron chi connectivity index (χ2n) is 6.66. The molecule has 1 aliphatic heterocycles. The number of nitrogens with one attached hydrogen (secondary N) is 2. The summed E-state index contributed by atoms with van der Waals surface area (Å²) in [6.07, 6.45) is 3.51. The third-order valence-corrected chi connectivity index (χ3v) is 5.75. The summed E-state index contributed by atoms with van der Waals surface area (Å²) in [4.78, 5) is 11.7. The molecule has 27 heavy (non-hydrogen) atoms. The van der Waals surface area contributed by atoms with Crippen LogP contribution in [0.25, 0.3) is 0 Å². The molecule has 0 aliphatic carbocycles. The molecular formula is C20H26N4O2S. The van der Waals surface area contributed by atoms with Gasteiger partial charge in [-0.15, -0.1) is 11.8 Å². The Balaban J connectivity index is 1.56. The molecule has 1 atom stereocenters. The molecule has 7 heteroatoms. The minimum Gasteiger partial charge on any atom is -0.381 e. The van der Waals surface area contributed by atoms with Crippen LogP contribution < -0.4 is 10.7 Å². The van der Waals surface area contributed by atoms with Crippen molar-refractivity contribution < 1.29 is 4.92 Å². The van der Waals surface area contributed by atoms with E-state index in [1.807, 2.05) is 17.8 Å². The van der Waals surface area contributed by atoms with Gasteiger partial charge in [-0.2, -0.15) is 0 Å². The summed E-state index contributed by atoms with van der Waals surface area (Å²) in [6.45, 7) is 3.17. The normalized spacial score (nSPS) is 15.6. The van der Waals surface area contributed by atoms with Gasteiger partial charge >= 0.3 is 0 Å². The van der Waals surface area contributed by atoms with Crippen molar-refractivity contribution >= 4 is 23.1 Å². The average molecular weight is 387 g/mol. The first kappa shape index (κ1) is 19.7. The minimum absolute atomic E-state index is 0.117. The molecule has 6 nitrogen and oxygen atoms in total. The van der Waals surface area contributed by atoms with Crippen molar-refractivity contribution in [3.63, 3.8) is 0 Å². The summed E-state index contributed by atoms with van der Waals surface area (Å²) in [5, 5.41) is 16.7. The Labute approximate surface area is 164 Å². The molecule has 0 amide bonds. The van der Waals surface area contributed by atoms with E-state index in [0.29, 0.717) is 0 Å². The second kappa shape index (κ2) is 10.3. The summed E-state index contributed by atoms with van der Waals surface area (Å²) < 4.78 is 0. The lowest BCUT2D eigenvalue weighted by atomic mass is 10.2. The maximum atomic E-state index is 10.8. The highest BCUT2D eigenvalue weighted by Crippen LogP contribution is 2.22. The number of nitrogens with zero attached hydrogens (tertiary/aromatic N) is 2. The van der Waals surface area contributed by atoms with Crippen molar-refractivity contribution in [2.24, 2.45) is 0 Å². The van der Waals surface area contributed by atoms with Gasteiger partial charge in [0.15, 0.2) is 0 Å². The van der Waals surface area contributed by atoms with Gasteiger partial charge in [-0.1, -0.05) is 18.2 Å². The Bertz CT molecular complexity index is 706. The summed E-state index contributed by atoms with van der Waals surface area (Å²) in [5.41, 5.74) is 4.55. The molecular weight excluding hydrogens is 360 g/mol. The molecule has 0 saturated carbocycles. The van der Waals surface area contributed by atoms with Crippen LogP contribution in [0.15, 0.2) is 59.5 Å². The highest BCUT2D eigenvalue weighted by molar-refractivity contribution is 7.99. The smallest absolute Gasteiger partial charge is 0.269 e. The molecule has 2 aromatic rings. The van der Waals surface area contributed by atoms with Gasteiger partial charge in [-0.05, 0) is 43.5 Å². The number of benzene rings is 2. The van der Waals surface area contributed by atoms with Crippen LogP contribution in [0, 0.1) is 10.1 Å². The molecule has 1 aliphatic rings. The number of nitro groups is 1. The van der Waals surface area contributed by atoms with Crippen LogP contribution in [0.4, 0.5) is 11.4 Å². The van der Waals surface area contributed by atoms with Crippen molar-refractivity contribution in [1.29, 1.82) is 0 Å². The molecule has 2 N–H and O–H groups in total. The quantitative estimate of drug-likeness (QED) is 0.363. The molecule has 1 saturated heterocycles. The van der Waals surface area contributed by atoms with Gasteiger partial charge in [0.1, 0.15) is 0 Å². The summed E-state index contributed by atoms with van der Waals surface area (Å²) >= 11 is 1.83. The van der Waals surface area contributed by atoms with Crippen LogP contribution in [0.2, 0.25) is 0 Å². The van der Waals surface area contributed by atoms with Gasteiger partial charge in [0, 0.05) is 54.1 Å². The van der Waals surface area contributed by atoms with Crippen LogP contribution in [0.3, 0.4) is 0 Å². The molecule has 0 unspecified atom stereocenters. The number of hydrogen-bond acceptors (Lipinski definition) is 6. The van der Waals surface area contributed by atoms with E-state index in [-0.39, 0.29) is 16.7 Å². The zero-order chi connectivity index (χ0) is 18.9. The molecule has 144 valence electrons. The van der Waals surface area contributed by atoms with Crippen LogP contribution in [-0.4, -0.2) is 41.4 Å². The zero-order valence-corrected chi connectivity index (χ0v) is 16.2. The van der Waals surface area contributed by atoms with Crippen LogP contribution in [0.5, 0.6) is 0 Å². The second-order valence-corrected chi connectivity index (χ2v) is 7.75. The third kappa shape index (κ3) is 6.53. The number of anilines is 1. The van der Waals surface area contributed by atoms with Gasteiger partial charge < -0.3 is 5.32 Å². The zero-order valence-electron chi connectivity index (χ0n) is 15.3. The first-order valence-corrected chi connectivity index (χ1v) is 10.4. The van der Waals surface area contributed by atoms with Crippen LogP contribution in [0.1, 0.15) is 19.3 Å². The summed E-state index contributed by atoms with van der Waals surface area (Å²) in [5.74, 6) is 0.933. The minimum atomic E-state index is -0.369. The largest absolute Gasteiger partial charge is 0.381 e. The van der Waals surface area contributed by atoms with E-state index in [0.717, 1.165) is 37.5 Å². The Morgan fingerprint density at radius 1 is 1.07 bits per heavy atom. The van der Waals surface area contributed by atoms with Gasteiger partial charge in [0.05, 0.1) is 4.92 Å². The highest BCUT2D eigenvalue weighted by atomic mass is 32.2. The standard InChI is InChI=1S/C20H26N4O2S/c25-24(26)19-10-8-17(9-11-19)22-18(12-13-21-23-14-4-5-15-23)16-27-20-6-2-1-3-7-20/h1-3,6-11,18,21-22H,4-5,12-16H2/t18-/m1/s1. The van der Waals surface area contributed by atoms with Gasteiger partial charge in [0.2, 0.25) is 0 Å². The van der Waals surface area contributed by atoms with E-state index in [9.17, 15) is 10.1 Å². The van der Waals surface area contributed by atoms with Gasteiger partial charge in [0.25, 0.3) is 5.69 Å². The van der Waals surface area contributed by atoms with E-state index < -0.39 is 0 Å². The molecule has 0 aromatic heterocycles. The Kier molecular flexibility index (Phi) is 7.50. The number of nitro benzene ring substituents is 1. The average Bonchev–Trinajstić information content (AvgIpc) is 3.21. The number of rotatable bonds is 10. The van der Waals surface area contributed by atoms with Crippen LogP contribution in [-0.2, 0) is 0 Å². The first-order valence-electron chi connectivity index (χ1n) is 9.38. The predicted octanol–water partition coefficient (Wildman–Crippen LogP) is 4.16. The molecule has 3 rings (SSSR count). The van der Waals surface area contributed by atoms with Crippen molar-refractivity contribution in [3.05, 3.63) is 64.7 Å². The topological polar surface area (TPSA) is 70.4 Å². The SMILES string of the molecule is O=[N+]([O-])c1ccc(N[C@H](CCNN2CCCC2)CSc2ccccc2)cc1. The lowest BCUT2D eigenvalue weighted by Gasteiger charge is -2.22. The summed E-state index contributed by atoms with van der Waals surface area (Å²) in [7, 11) is 0. The van der Waals surface area contributed by atoms with Crippen molar-refractivity contribution in [2.45, 2.75) is 30.2 Å². The van der Waals surface area contributed by atoms with Crippen molar-refractivity contribution in [3.8, 4) is 0 Å². The van der Waals surface area contributed by atoms with E-state index in [1.165, 1.54) is 17.7 Å². The fourth-order valence-corrected chi connectivity index (χ4v) is 4.09. The first-order chi connectivity index (χ1) is 13.2. The Morgan fingerprint density at radius 2 is 1.78 bits per heavy atom. The number of thioether (sulfide) groups is 1. The number of hydrogen-bond donors (Lipinski definition) is 2. The van der Waals surface area contributed by atoms with E-state index in [2.05, 4.69) is 40.0 Å². The summed E-state index contributed by atoms with van der Waals surface area (Å²) in [6, 6.07) is 17.3. The Hall–Kier alpha value is -2.09. The van der Waals surface area contributed by atoms with Crippen molar-refractivity contribution in [2.75, 3.05) is 30.7 Å². The van der Waals surface area contributed by atoms with Crippen molar-refractivity contribution in [1.82, 2.24) is 10.4 Å². The lowest BCUT2D eigenvalue weighted by Crippen LogP contribution is -2.38. The highest BCUT2D eigenvalue weighted by Gasteiger charge is 2.14. The van der Waals surface area contributed by atoms with Gasteiger partial charge in [-0.3, -0.25) is 15.5 Å². The molecule has 0 spiro atoms. The molecule has 0 radical (unpaired) electrons. The molecule has 1 fully saturated rings. The fraction of sp³-hybridized carbons (Fsp3) is 0.400. The predicted molar refractivity (Wildman–Crippen MR) is 111 cm³/mol. The number of hydrazine groups is 1. The maximum absolute atomic E-state index is 10.8. The van der Waals surface area contributed by atoms with Crippen LogP contribution >= 0.6 is 11.8 Å². The Morgan fingerprint density at radius 3 is 2.44 bits per heavy atom. The molecule has 2 aromatic carbocycles. The molecule has 1 heterocycles. The number of non-ortho nitro benzene ring substituents is 1. The maximum Gasteiger partial charge on any atom is 0.269 e. The lowest BCUT2D eigenvalue weighted by molar-refractivity contribution is -0.384. The van der Waals surface area contributed by atoms with E-state index in [4.69, 9.17) is 0 Å². The van der Waals surface area contributed by atoms with E-state index in [1.54, 1.807) is 24.3 Å². The van der Waals surface area contributed by atoms with E-state index >= 15 is 0 Å². The third-order valence-electron chi connectivity index (χ3n) is 4.58. The molecule has 0 bridgehead atoms. The van der Waals surface area contributed by atoms with Gasteiger partial charge in [-0.25, -0.2) is 5.01 Å². The monoisotopic (exact) mass is 386 g/mol.